The number of carbonyl (C=O) groups excluding carboxylic acids is 2. The molecule has 2 fully saturated rings. The van der Waals surface area contributed by atoms with E-state index in [0.717, 1.165) is 31.6 Å². The number of fused-ring (bicyclic) bond motifs is 2. The van der Waals surface area contributed by atoms with Gasteiger partial charge in [-0.25, -0.2) is 4.79 Å². The van der Waals surface area contributed by atoms with Crippen molar-refractivity contribution in [1.29, 1.82) is 0 Å². The lowest BCUT2D eigenvalue weighted by Gasteiger charge is -2.43. The summed E-state index contributed by atoms with van der Waals surface area (Å²) in [5.74, 6) is 0.536. The number of hydrogen-bond donors (Lipinski definition) is 1. The van der Waals surface area contributed by atoms with E-state index in [1.807, 2.05) is 18.2 Å². The highest BCUT2D eigenvalue weighted by molar-refractivity contribution is 6.10. The Hall–Kier alpha value is -2.41. The summed E-state index contributed by atoms with van der Waals surface area (Å²) < 4.78 is 0. The number of likely N-dealkylation sites (tertiary alicyclic amines) is 2. The van der Waals surface area contributed by atoms with Crippen molar-refractivity contribution in [2.45, 2.75) is 31.7 Å². The van der Waals surface area contributed by atoms with E-state index >= 15 is 0 Å². The third-order valence-corrected chi connectivity index (χ3v) is 6.05. The Morgan fingerprint density at radius 3 is 2.63 bits per heavy atom. The maximum absolute atomic E-state index is 12.5. The van der Waals surface area contributed by atoms with Crippen molar-refractivity contribution in [3.8, 4) is 0 Å². The van der Waals surface area contributed by atoms with Gasteiger partial charge in [-0.1, -0.05) is 12.1 Å². The molecule has 0 aromatic heterocycles. The molecule has 0 unspecified atom stereocenters. The number of nitrogens with zero attached hydrogens (tertiary/aromatic N) is 3. The first-order chi connectivity index (χ1) is 13.0. The fraction of sp³-hybridized carbons (Fsp3) is 0.550. The van der Waals surface area contributed by atoms with Crippen molar-refractivity contribution < 1.29 is 19.5 Å². The monoisotopic (exact) mass is 371 g/mol. The molecule has 1 aromatic rings. The van der Waals surface area contributed by atoms with Crippen LogP contribution in [0.5, 0.6) is 0 Å². The van der Waals surface area contributed by atoms with Crippen molar-refractivity contribution in [3.05, 3.63) is 29.8 Å². The summed E-state index contributed by atoms with van der Waals surface area (Å²) in [6.07, 6.45) is 1.55. The largest absolute Gasteiger partial charge is 0.465 e. The topological polar surface area (TPSA) is 81.2 Å². The van der Waals surface area contributed by atoms with Gasteiger partial charge in [0.1, 0.15) is 0 Å². The fourth-order valence-corrected chi connectivity index (χ4v) is 4.56. The molecule has 2 saturated heterocycles. The van der Waals surface area contributed by atoms with Crippen LogP contribution >= 0.6 is 0 Å². The first-order valence-corrected chi connectivity index (χ1v) is 9.69. The zero-order valence-corrected chi connectivity index (χ0v) is 15.3. The average Bonchev–Trinajstić information content (AvgIpc) is 2.94. The lowest BCUT2D eigenvalue weighted by Crippen LogP contribution is -2.55. The van der Waals surface area contributed by atoms with Crippen molar-refractivity contribution in [1.82, 2.24) is 9.80 Å². The van der Waals surface area contributed by atoms with Crippen molar-refractivity contribution >= 4 is 23.5 Å². The summed E-state index contributed by atoms with van der Waals surface area (Å²) in [7, 11) is 0. The minimum absolute atomic E-state index is 0.0187. The van der Waals surface area contributed by atoms with Gasteiger partial charge in [-0.3, -0.25) is 14.5 Å². The number of carbonyl (C=O) groups is 3. The van der Waals surface area contributed by atoms with E-state index in [1.165, 1.54) is 4.90 Å². The number of ketones is 1. The average molecular weight is 371 g/mol. The highest BCUT2D eigenvalue weighted by Gasteiger charge is 2.46. The number of unbranched alkanes of at least 4 members (excludes halogenated alkanes) is 1. The van der Waals surface area contributed by atoms with Gasteiger partial charge >= 0.3 is 6.09 Å². The smallest absolute Gasteiger partial charge is 0.407 e. The van der Waals surface area contributed by atoms with Gasteiger partial charge in [0, 0.05) is 56.5 Å². The van der Waals surface area contributed by atoms with Crippen LogP contribution in [-0.4, -0.2) is 71.5 Å². The van der Waals surface area contributed by atoms with Gasteiger partial charge < -0.3 is 14.9 Å². The Balaban J connectivity index is 1.29. The van der Waals surface area contributed by atoms with Crippen molar-refractivity contribution in [2.75, 3.05) is 37.6 Å². The minimum atomic E-state index is -0.822. The summed E-state index contributed by atoms with van der Waals surface area (Å²) in [6.45, 7) is 3.78. The molecule has 1 aromatic carbocycles. The molecule has 0 bridgehead atoms. The predicted molar refractivity (Wildman–Crippen MR) is 100 cm³/mol. The third-order valence-electron chi connectivity index (χ3n) is 6.05. The third kappa shape index (κ3) is 3.43. The van der Waals surface area contributed by atoms with Crippen LogP contribution in [0.25, 0.3) is 0 Å². The van der Waals surface area contributed by atoms with Crippen molar-refractivity contribution in [3.63, 3.8) is 0 Å². The molecule has 144 valence electrons. The van der Waals surface area contributed by atoms with Crippen LogP contribution in [0, 0.1) is 5.92 Å². The van der Waals surface area contributed by atoms with E-state index < -0.39 is 6.09 Å². The SMILES string of the molecule is O=C1CCC(=O)N(CCCCN2C[C@H]3CN(C(=O)O)C[C@H]32)c2ccccc21. The van der Waals surface area contributed by atoms with Gasteiger partial charge in [0.25, 0.3) is 0 Å². The molecule has 27 heavy (non-hydrogen) atoms. The molecular formula is C20H25N3O4. The summed E-state index contributed by atoms with van der Waals surface area (Å²) in [4.78, 5) is 41.4. The van der Waals surface area contributed by atoms with Crippen LogP contribution in [0.2, 0.25) is 0 Å². The van der Waals surface area contributed by atoms with E-state index in [1.54, 1.807) is 11.0 Å². The van der Waals surface area contributed by atoms with Gasteiger partial charge in [0.2, 0.25) is 5.91 Å². The van der Waals surface area contributed by atoms with E-state index in [4.69, 9.17) is 5.11 Å². The molecule has 7 nitrogen and oxygen atoms in total. The van der Waals surface area contributed by atoms with Gasteiger partial charge in [-0.05, 0) is 31.5 Å². The van der Waals surface area contributed by atoms with Gasteiger partial charge in [0.05, 0.1) is 5.69 Å². The van der Waals surface area contributed by atoms with Gasteiger partial charge in [-0.15, -0.1) is 0 Å². The van der Waals surface area contributed by atoms with E-state index in [-0.39, 0.29) is 24.5 Å². The quantitative estimate of drug-likeness (QED) is 0.802. The maximum Gasteiger partial charge on any atom is 0.407 e. The Morgan fingerprint density at radius 1 is 1.04 bits per heavy atom. The van der Waals surface area contributed by atoms with E-state index in [9.17, 15) is 14.4 Å². The number of hydrogen-bond acceptors (Lipinski definition) is 4. The second-order valence-corrected chi connectivity index (χ2v) is 7.70. The number of benzene rings is 1. The summed E-state index contributed by atoms with van der Waals surface area (Å²) in [5.41, 5.74) is 1.38. The molecule has 0 saturated carbocycles. The van der Waals surface area contributed by atoms with Gasteiger partial charge in [0.15, 0.2) is 5.78 Å². The molecule has 3 heterocycles. The Labute approximate surface area is 158 Å². The normalized spacial score (nSPS) is 25.0. The van der Waals surface area contributed by atoms with E-state index in [0.29, 0.717) is 37.2 Å². The fourth-order valence-electron chi connectivity index (χ4n) is 4.56. The highest BCUT2D eigenvalue weighted by atomic mass is 16.4. The molecule has 4 rings (SSSR count). The molecule has 2 atom stereocenters. The van der Waals surface area contributed by atoms with Crippen LogP contribution < -0.4 is 4.90 Å². The number of amides is 2. The number of para-hydroxylation sites is 1. The number of Topliss-reactive ketones (excluding diaryl/α,β-unsaturated/α-hetero) is 1. The summed E-state index contributed by atoms with van der Waals surface area (Å²) >= 11 is 0. The lowest BCUT2D eigenvalue weighted by molar-refractivity contribution is -0.118. The number of rotatable bonds is 5. The van der Waals surface area contributed by atoms with Crippen LogP contribution in [0.4, 0.5) is 10.5 Å². The summed E-state index contributed by atoms with van der Waals surface area (Å²) in [6, 6.07) is 7.73. The Kier molecular flexibility index (Phi) is 4.86. The molecule has 0 radical (unpaired) electrons. The predicted octanol–water partition coefficient (Wildman–Crippen LogP) is 2.07. The number of anilines is 1. The zero-order valence-electron chi connectivity index (χ0n) is 15.3. The second-order valence-electron chi connectivity index (χ2n) is 7.70. The Bertz CT molecular complexity index is 765. The van der Waals surface area contributed by atoms with Crippen LogP contribution in [0.15, 0.2) is 24.3 Å². The zero-order chi connectivity index (χ0) is 19.0. The lowest BCUT2D eigenvalue weighted by atomic mass is 9.92. The number of carboxylic acid groups (broad SMARTS) is 1. The molecule has 7 heteroatoms. The van der Waals surface area contributed by atoms with Gasteiger partial charge in [-0.2, -0.15) is 0 Å². The molecule has 1 N–H and O–H groups in total. The van der Waals surface area contributed by atoms with Crippen LogP contribution in [-0.2, 0) is 4.79 Å². The minimum Gasteiger partial charge on any atom is -0.465 e. The van der Waals surface area contributed by atoms with E-state index in [2.05, 4.69) is 4.90 Å². The first-order valence-electron chi connectivity index (χ1n) is 9.69. The molecule has 2 amide bonds. The van der Waals surface area contributed by atoms with Crippen molar-refractivity contribution in [2.24, 2.45) is 5.92 Å². The van der Waals surface area contributed by atoms with Crippen LogP contribution in [0.1, 0.15) is 36.0 Å². The highest BCUT2D eigenvalue weighted by Crippen LogP contribution is 2.32. The molecule has 3 aliphatic heterocycles. The molecule has 0 spiro atoms. The first kappa shape index (κ1) is 18.0. The molecule has 3 aliphatic rings. The molecular weight excluding hydrogens is 346 g/mol. The van der Waals surface area contributed by atoms with Crippen LogP contribution in [0.3, 0.4) is 0 Å². The molecule has 0 aliphatic carbocycles. The maximum atomic E-state index is 12.5. The second kappa shape index (κ2) is 7.31. The standard InChI is InChI=1S/C20H25N3O4/c24-18-7-8-19(25)23(16-6-2-1-5-15(16)18)10-4-3-9-21-11-14-12-22(20(26)27)13-17(14)21/h1-2,5-6,14,17H,3-4,7-13H2,(H,26,27)/t14-,17+/m0/s1. The Morgan fingerprint density at radius 2 is 1.81 bits per heavy atom. The summed E-state index contributed by atoms with van der Waals surface area (Å²) in [5, 5.41) is 9.11.